The van der Waals surface area contributed by atoms with E-state index >= 15 is 0 Å². The van der Waals surface area contributed by atoms with E-state index in [1.54, 1.807) is 0 Å². The van der Waals surface area contributed by atoms with Gasteiger partial charge in [-0.25, -0.2) is 0 Å². The molecule has 1 rings (SSSR count). The molecule has 0 spiro atoms. The van der Waals surface area contributed by atoms with Gasteiger partial charge >= 0.3 is 0 Å². The fraction of sp³-hybridized carbons (Fsp3) is 1.00. The lowest BCUT2D eigenvalue weighted by molar-refractivity contribution is 0.248. The van der Waals surface area contributed by atoms with Gasteiger partial charge in [-0.3, -0.25) is 4.90 Å². The van der Waals surface area contributed by atoms with Gasteiger partial charge in [0.15, 0.2) is 0 Å². The Hall–Kier alpha value is 0.137. The van der Waals surface area contributed by atoms with Crippen LogP contribution in [0.15, 0.2) is 0 Å². The zero-order chi connectivity index (χ0) is 4.41. The van der Waals surface area contributed by atoms with E-state index in [0.717, 1.165) is 6.73 Å². The third-order valence-corrected chi connectivity index (χ3v) is 0.916. The Kier molecular flexibility index (Phi) is 1.24. The summed E-state index contributed by atoms with van der Waals surface area (Å²) in [7, 11) is 2.89. The van der Waals surface area contributed by atoms with Crippen LogP contribution in [0.25, 0.3) is 0 Å². The zero-order valence-electron chi connectivity index (χ0n) is 3.48. The van der Waals surface area contributed by atoms with E-state index < -0.39 is 0 Å². The molecule has 33 valence electrons. The molecule has 0 aliphatic carbocycles. The second-order valence-corrected chi connectivity index (χ2v) is 1.68. The van der Waals surface area contributed by atoms with Crippen LogP contribution in [0.3, 0.4) is 0 Å². The summed E-state index contributed by atoms with van der Waals surface area (Å²) < 4.78 is 4.60. The van der Waals surface area contributed by atoms with Gasteiger partial charge in [0, 0.05) is 13.1 Å². The predicted molar refractivity (Wildman–Crippen MR) is 23.3 cm³/mol. The first-order valence-electron chi connectivity index (χ1n) is 1.94. The molecule has 1 saturated heterocycles. The van der Waals surface area contributed by atoms with Crippen molar-refractivity contribution in [2.45, 2.75) is 0 Å². The Morgan fingerprint density at radius 3 is 2.50 bits per heavy atom. The van der Waals surface area contributed by atoms with Crippen molar-refractivity contribution >= 4 is 10.5 Å². The van der Waals surface area contributed by atoms with Crippen LogP contribution < -0.4 is 0 Å². The minimum atomic E-state index is 0.733. The van der Waals surface area contributed by atoms with Gasteiger partial charge in [-0.2, -0.15) is 0 Å². The van der Waals surface area contributed by atoms with Crippen molar-refractivity contribution in [3.05, 3.63) is 0 Å². The Bertz CT molecular complexity index is 46.1. The number of nitrogens with zero attached hydrogens (tertiary/aromatic N) is 1. The van der Waals surface area contributed by atoms with Crippen molar-refractivity contribution in [3.8, 4) is 0 Å². The molecule has 0 saturated carbocycles. The maximum absolute atomic E-state index is 4.60. The molecule has 1 aliphatic rings. The van der Waals surface area contributed by atoms with Gasteiger partial charge in [0.05, 0.1) is 6.73 Å². The standard InChI is InChI=1S/C3H6NOSi/c6-5-3-4-1-2-4/h1-3H2. The van der Waals surface area contributed by atoms with Crippen molar-refractivity contribution in [3.63, 3.8) is 0 Å². The summed E-state index contributed by atoms with van der Waals surface area (Å²) in [6.07, 6.45) is 0. The molecule has 0 unspecified atom stereocenters. The molecule has 0 aromatic rings. The summed E-state index contributed by atoms with van der Waals surface area (Å²) >= 11 is 0. The molecule has 2 nitrogen and oxygen atoms in total. The number of rotatable bonds is 2. The highest BCUT2D eigenvalue weighted by molar-refractivity contribution is 5.97. The first-order valence-corrected chi connectivity index (χ1v) is 2.35. The zero-order valence-corrected chi connectivity index (χ0v) is 4.48. The smallest absolute Gasteiger partial charge is 0.248 e. The second-order valence-electron chi connectivity index (χ2n) is 1.39. The molecule has 0 aromatic heterocycles. The molecule has 0 N–H and O–H groups in total. The van der Waals surface area contributed by atoms with Crippen LogP contribution >= 0.6 is 0 Å². The lowest BCUT2D eigenvalue weighted by Crippen LogP contribution is -2.00. The normalized spacial score (nSPS) is 21.5. The van der Waals surface area contributed by atoms with Crippen molar-refractivity contribution < 1.29 is 4.43 Å². The van der Waals surface area contributed by atoms with Gasteiger partial charge < -0.3 is 4.43 Å². The second kappa shape index (κ2) is 1.73. The summed E-state index contributed by atoms with van der Waals surface area (Å²) in [6.45, 7) is 3.13. The van der Waals surface area contributed by atoms with Gasteiger partial charge in [0.1, 0.15) is 0 Å². The Morgan fingerprint density at radius 1 is 1.67 bits per heavy atom. The molecule has 0 amide bonds. The maximum atomic E-state index is 4.60. The predicted octanol–water partition coefficient (Wildman–Crippen LogP) is -0.640. The molecular weight excluding hydrogens is 94.1 g/mol. The highest BCUT2D eigenvalue weighted by Gasteiger charge is 2.14. The lowest BCUT2D eigenvalue weighted by Gasteiger charge is -1.92. The van der Waals surface area contributed by atoms with Gasteiger partial charge in [0.2, 0.25) is 10.5 Å². The number of hydrogen-bond donors (Lipinski definition) is 0. The van der Waals surface area contributed by atoms with E-state index in [1.807, 2.05) is 0 Å². The molecule has 3 heteroatoms. The van der Waals surface area contributed by atoms with E-state index in [2.05, 4.69) is 19.8 Å². The molecule has 1 aliphatic heterocycles. The van der Waals surface area contributed by atoms with Crippen LogP contribution in [0.4, 0.5) is 0 Å². The third-order valence-electron chi connectivity index (χ3n) is 0.787. The molecule has 6 heavy (non-hydrogen) atoms. The minimum absolute atomic E-state index is 0.733. The fourth-order valence-corrected chi connectivity index (χ4v) is 0.474. The highest BCUT2D eigenvalue weighted by Crippen LogP contribution is 1.99. The van der Waals surface area contributed by atoms with E-state index in [-0.39, 0.29) is 0 Å². The maximum Gasteiger partial charge on any atom is 0.248 e. The fourth-order valence-electron chi connectivity index (χ4n) is 0.291. The molecule has 3 radical (unpaired) electrons. The van der Waals surface area contributed by atoms with Gasteiger partial charge in [-0.05, 0) is 0 Å². The first-order chi connectivity index (χ1) is 2.93. The largest absolute Gasteiger partial charge is 0.406 e. The molecule has 1 heterocycles. The van der Waals surface area contributed by atoms with E-state index in [9.17, 15) is 0 Å². The Morgan fingerprint density at radius 2 is 2.33 bits per heavy atom. The summed E-state index contributed by atoms with van der Waals surface area (Å²) in [4.78, 5) is 2.16. The quantitative estimate of drug-likeness (QED) is 0.338. The van der Waals surface area contributed by atoms with Crippen LogP contribution in [0, 0.1) is 0 Å². The summed E-state index contributed by atoms with van der Waals surface area (Å²) in [5, 5.41) is 0. The Balaban J connectivity index is 1.88. The van der Waals surface area contributed by atoms with E-state index in [1.165, 1.54) is 13.1 Å². The number of hydrogen-bond acceptors (Lipinski definition) is 2. The van der Waals surface area contributed by atoms with Crippen molar-refractivity contribution in [2.75, 3.05) is 19.8 Å². The molecular formula is C3H6NOSi. The lowest BCUT2D eigenvalue weighted by atomic mass is 11.0. The summed E-state index contributed by atoms with van der Waals surface area (Å²) in [5.74, 6) is 0. The third kappa shape index (κ3) is 1.08. The molecule has 1 fully saturated rings. The molecule has 0 aromatic carbocycles. The van der Waals surface area contributed by atoms with Gasteiger partial charge in [0.25, 0.3) is 0 Å². The topological polar surface area (TPSA) is 12.2 Å². The van der Waals surface area contributed by atoms with Gasteiger partial charge in [-0.1, -0.05) is 0 Å². The summed E-state index contributed by atoms with van der Waals surface area (Å²) in [5.41, 5.74) is 0. The van der Waals surface area contributed by atoms with Crippen molar-refractivity contribution in [1.29, 1.82) is 0 Å². The SMILES string of the molecule is [Si]OCN1CC1. The summed E-state index contributed by atoms with van der Waals surface area (Å²) in [6, 6.07) is 0. The van der Waals surface area contributed by atoms with E-state index in [4.69, 9.17) is 0 Å². The van der Waals surface area contributed by atoms with Gasteiger partial charge in [-0.15, -0.1) is 0 Å². The average molecular weight is 100 g/mol. The minimum Gasteiger partial charge on any atom is -0.406 e. The van der Waals surface area contributed by atoms with Crippen LogP contribution in [-0.4, -0.2) is 35.2 Å². The molecule has 0 bridgehead atoms. The molecule has 0 atom stereocenters. The van der Waals surface area contributed by atoms with Crippen LogP contribution in [0.1, 0.15) is 0 Å². The van der Waals surface area contributed by atoms with Crippen LogP contribution in [0.2, 0.25) is 0 Å². The Labute approximate surface area is 40.6 Å². The van der Waals surface area contributed by atoms with Crippen molar-refractivity contribution in [2.24, 2.45) is 0 Å². The van der Waals surface area contributed by atoms with Crippen LogP contribution in [-0.2, 0) is 4.43 Å². The van der Waals surface area contributed by atoms with E-state index in [0.29, 0.717) is 0 Å². The first kappa shape index (κ1) is 4.30. The monoisotopic (exact) mass is 100 g/mol. The highest BCUT2D eigenvalue weighted by atomic mass is 28.2. The van der Waals surface area contributed by atoms with Crippen molar-refractivity contribution in [1.82, 2.24) is 4.90 Å². The average Bonchev–Trinajstić information content (AvgIpc) is 2.21. The van der Waals surface area contributed by atoms with Crippen LogP contribution in [0.5, 0.6) is 0 Å².